The van der Waals surface area contributed by atoms with E-state index in [0.717, 1.165) is 47.2 Å². The van der Waals surface area contributed by atoms with Crippen LogP contribution in [-0.4, -0.2) is 48.9 Å². The second-order valence-electron chi connectivity index (χ2n) is 7.48. The molecule has 1 aromatic carbocycles. The first-order chi connectivity index (χ1) is 14.4. The molecule has 0 bridgehead atoms. The van der Waals surface area contributed by atoms with Crippen LogP contribution in [0.2, 0.25) is 10.0 Å². The zero-order chi connectivity index (χ0) is 21.3. The van der Waals surface area contributed by atoms with E-state index in [1.54, 1.807) is 29.5 Å². The molecule has 1 N–H and O–H groups in total. The van der Waals surface area contributed by atoms with E-state index in [-0.39, 0.29) is 17.7 Å². The van der Waals surface area contributed by atoms with Gasteiger partial charge < -0.3 is 14.6 Å². The van der Waals surface area contributed by atoms with Crippen molar-refractivity contribution >= 4 is 45.4 Å². The number of anilines is 1. The van der Waals surface area contributed by atoms with Crippen molar-refractivity contribution in [1.29, 1.82) is 0 Å². The molecule has 1 amide bonds. The third-order valence-corrected chi connectivity index (χ3v) is 6.85. The summed E-state index contributed by atoms with van der Waals surface area (Å²) in [7, 11) is 2.13. The molecule has 1 aliphatic rings. The van der Waals surface area contributed by atoms with E-state index in [0.29, 0.717) is 10.0 Å². The Hall–Kier alpha value is -1.83. The predicted molar refractivity (Wildman–Crippen MR) is 123 cm³/mol. The Balaban J connectivity index is 1.74. The molecule has 0 aliphatic carbocycles. The van der Waals surface area contributed by atoms with Crippen LogP contribution in [0.3, 0.4) is 0 Å². The van der Waals surface area contributed by atoms with Gasteiger partial charge in [0.2, 0.25) is 0 Å². The van der Waals surface area contributed by atoms with Crippen LogP contribution in [0.15, 0.2) is 47.1 Å². The van der Waals surface area contributed by atoms with Gasteiger partial charge in [-0.05, 0) is 49.9 Å². The standard InChI is InChI=1S/C22H23Cl2N3O2S/c1-14-12-17(22(30-14)25-21(28)19-4-3-11-29-19)20(27-9-7-26(2)8-10-27)16-6-5-15(23)13-18(16)24/h3-6,11-13,20H,7-10H2,1-2H3,(H,25,28). The van der Waals surface area contributed by atoms with Crippen molar-refractivity contribution in [2.75, 3.05) is 38.5 Å². The highest BCUT2D eigenvalue weighted by molar-refractivity contribution is 7.16. The Morgan fingerprint density at radius 1 is 1.13 bits per heavy atom. The van der Waals surface area contributed by atoms with Gasteiger partial charge in [0, 0.05) is 46.7 Å². The number of likely N-dealkylation sites (N-methyl/N-ethyl adjacent to an activating group) is 1. The maximum Gasteiger partial charge on any atom is 0.291 e. The van der Waals surface area contributed by atoms with Crippen LogP contribution >= 0.6 is 34.5 Å². The Kier molecular flexibility index (Phi) is 6.51. The van der Waals surface area contributed by atoms with E-state index in [2.05, 4.69) is 28.2 Å². The highest BCUT2D eigenvalue weighted by atomic mass is 35.5. The van der Waals surface area contributed by atoms with Gasteiger partial charge in [-0.2, -0.15) is 0 Å². The second kappa shape index (κ2) is 9.12. The number of thiophene rings is 1. The third kappa shape index (κ3) is 4.58. The molecule has 30 heavy (non-hydrogen) atoms. The van der Waals surface area contributed by atoms with Crippen molar-refractivity contribution in [1.82, 2.24) is 9.80 Å². The maximum absolute atomic E-state index is 12.7. The molecular weight excluding hydrogens is 441 g/mol. The zero-order valence-corrected chi connectivity index (χ0v) is 19.2. The number of benzene rings is 1. The number of carbonyl (C=O) groups is 1. The van der Waals surface area contributed by atoms with Crippen molar-refractivity contribution in [2.45, 2.75) is 13.0 Å². The summed E-state index contributed by atoms with van der Waals surface area (Å²) in [6.45, 7) is 5.79. The first kappa shape index (κ1) is 21.4. The molecule has 3 heterocycles. The minimum Gasteiger partial charge on any atom is -0.459 e. The van der Waals surface area contributed by atoms with Crippen LogP contribution in [0.5, 0.6) is 0 Å². The Bertz CT molecular complexity index is 1030. The Labute approximate surface area is 190 Å². The van der Waals surface area contributed by atoms with Gasteiger partial charge in [0.05, 0.1) is 12.3 Å². The van der Waals surface area contributed by atoms with Gasteiger partial charge in [0.15, 0.2) is 5.76 Å². The fraction of sp³-hybridized carbons (Fsp3) is 0.318. The quantitative estimate of drug-likeness (QED) is 0.538. The molecule has 3 aromatic rings. The van der Waals surface area contributed by atoms with Crippen LogP contribution in [0.25, 0.3) is 0 Å². The molecule has 1 aliphatic heterocycles. The highest BCUT2D eigenvalue weighted by Crippen LogP contribution is 2.42. The molecule has 1 saturated heterocycles. The van der Waals surface area contributed by atoms with Gasteiger partial charge in [-0.1, -0.05) is 29.3 Å². The summed E-state index contributed by atoms with van der Waals surface area (Å²) in [5.41, 5.74) is 2.02. The topological polar surface area (TPSA) is 48.7 Å². The molecule has 1 atom stereocenters. The summed E-state index contributed by atoms with van der Waals surface area (Å²) < 4.78 is 5.26. The molecule has 1 unspecified atom stereocenters. The minimum atomic E-state index is -0.262. The van der Waals surface area contributed by atoms with E-state index in [1.807, 2.05) is 19.1 Å². The lowest BCUT2D eigenvalue weighted by atomic mass is 9.97. The van der Waals surface area contributed by atoms with Crippen molar-refractivity contribution in [3.8, 4) is 0 Å². The van der Waals surface area contributed by atoms with Crippen LogP contribution in [0.1, 0.15) is 32.6 Å². The molecule has 158 valence electrons. The van der Waals surface area contributed by atoms with Gasteiger partial charge in [0.25, 0.3) is 5.91 Å². The summed E-state index contributed by atoms with van der Waals surface area (Å²) in [4.78, 5) is 18.5. The van der Waals surface area contributed by atoms with Crippen molar-refractivity contribution in [3.63, 3.8) is 0 Å². The average molecular weight is 464 g/mol. The molecule has 1 fully saturated rings. The van der Waals surface area contributed by atoms with Gasteiger partial charge in [0.1, 0.15) is 5.00 Å². The Morgan fingerprint density at radius 2 is 1.90 bits per heavy atom. The lowest BCUT2D eigenvalue weighted by Crippen LogP contribution is -2.46. The average Bonchev–Trinajstić information content (AvgIpc) is 3.35. The molecule has 0 spiro atoms. The number of nitrogens with zero attached hydrogens (tertiary/aromatic N) is 2. The van der Waals surface area contributed by atoms with Gasteiger partial charge >= 0.3 is 0 Å². The normalized spacial score (nSPS) is 16.5. The van der Waals surface area contributed by atoms with E-state index in [4.69, 9.17) is 27.6 Å². The van der Waals surface area contributed by atoms with E-state index >= 15 is 0 Å². The number of halogens is 2. The van der Waals surface area contributed by atoms with Crippen molar-refractivity contribution < 1.29 is 9.21 Å². The van der Waals surface area contributed by atoms with Gasteiger partial charge in [-0.25, -0.2) is 0 Å². The SMILES string of the molecule is Cc1cc(C(c2ccc(Cl)cc2Cl)N2CCN(C)CC2)c(NC(=O)c2ccco2)s1. The molecule has 8 heteroatoms. The molecular formula is C22H23Cl2N3O2S. The zero-order valence-electron chi connectivity index (χ0n) is 16.8. The molecule has 5 nitrogen and oxygen atoms in total. The second-order valence-corrected chi connectivity index (χ2v) is 9.58. The molecule has 0 radical (unpaired) electrons. The van der Waals surface area contributed by atoms with Crippen molar-refractivity contribution in [2.24, 2.45) is 0 Å². The summed E-state index contributed by atoms with van der Waals surface area (Å²) in [6.07, 6.45) is 1.50. The number of rotatable bonds is 5. The minimum absolute atomic E-state index is 0.0830. The van der Waals surface area contributed by atoms with Crippen LogP contribution in [0.4, 0.5) is 5.00 Å². The lowest BCUT2D eigenvalue weighted by Gasteiger charge is -2.38. The first-order valence-corrected chi connectivity index (χ1v) is 11.3. The summed E-state index contributed by atoms with van der Waals surface area (Å²) >= 11 is 14.4. The monoisotopic (exact) mass is 463 g/mol. The molecule has 2 aromatic heterocycles. The van der Waals surface area contributed by atoms with Gasteiger partial charge in [-0.3, -0.25) is 9.69 Å². The number of hydrogen-bond donors (Lipinski definition) is 1. The fourth-order valence-electron chi connectivity index (χ4n) is 3.77. The van der Waals surface area contributed by atoms with E-state index in [1.165, 1.54) is 6.26 Å². The highest BCUT2D eigenvalue weighted by Gasteiger charge is 2.30. The van der Waals surface area contributed by atoms with E-state index < -0.39 is 0 Å². The van der Waals surface area contributed by atoms with Crippen molar-refractivity contribution in [3.05, 3.63) is 74.5 Å². The lowest BCUT2D eigenvalue weighted by molar-refractivity contribution is 0.0996. The summed E-state index contributed by atoms with van der Waals surface area (Å²) in [5, 5.41) is 5.08. The number of carbonyl (C=O) groups excluding carboxylic acids is 1. The summed E-state index contributed by atoms with van der Waals surface area (Å²) in [6, 6.07) is 11.0. The number of aryl methyl sites for hydroxylation is 1. The van der Waals surface area contributed by atoms with Crippen LogP contribution < -0.4 is 5.32 Å². The largest absolute Gasteiger partial charge is 0.459 e. The predicted octanol–water partition coefficient (Wildman–Crippen LogP) is 5.55. The fourth-order valence-corrected chi connectivity index (χ4v) is 5.22. The van der Waals surface area contributed by atoms with E-state index in [9.17, 15) is 4.79 Å². The van der Waals surface area contributed by atoms with Gasteiger partial charge in [-0.15, -0.1) is 11.3 Å². The smallest absolute Gasteiger partial charge is 0.291 e. The number of hydrogen-bond acceptors (Lipinski definition) is 5. The number of piperazine rings is 1. The maximum atomic E-state index is 12.7. The molecule has 4 rings (SSSR count). The number of amides is 1. The molecule has 0 saturated carbocycles. The first-order valence-electron chi connectivity index (χ1n) is 9.75. The van der Waals surface area contributed by atoms with Crippen LogP contribution in [0, 0.1) is 6.92 Å². The van der Waals surface area contributed by atoms with Crippen LogP contribution in [-0.2, 0) is 0 Å². The number of nitrogens with one attached hydrogen (secondary N) is 1. The number of furan rings is 1. The summed E-state index contributed by atoms with van der Waals surface area (Å²) in [5.74, 6) is 0.0232. The third-order valence-electron chi connectivity index (χ3n) is 5.31. The Morgan fingerprint density at radius 3 is 2.57 bits per heavy atom.